The number of carboxylic acids is 1. The second-order valence-electron chi connectivity index (χ2n) is 4.77. The van der Waals surface area contributed by atoms with Crippen molar-refractivity contribution in [2.75, 3.05) is 0 Å². The van der Waals surface area contributed by atoms with Crippen LogP contribution in [0.5, 0.6) is 0 Å². The number of nitrogens with zero attached hydrogens (tertiary/aromatic N) is 1. The number of benzene rings is 1. The molecule has 1 unspecified atom stereocenters. The van der Waals surface area contributed by atoms with Crippen LogP contribution in [0.2, 0.25) is 0 Å². The normalized spacial score (nSPS) is 12.1. The summed E-state index contributed by atoms with van der Waals surface area (Å²) < 4.78 is 24.6. The first kappa shape index (κ1) is 17.0. The third kappa shape index (κ3) is 5.10. The van der Waals surface area contributed by atoms with Gasteiger partial charge in [-0.05, 0) is 0 Å². The Morgan fingerprint density at radius 3 is 2.57 bits per heavy atom. The van der Waals surface area contributed by atoms with Gasteiger partial charge in [0.25, 0.3) is 0 Å². The van der Waals surface area contributed by atoms with Crippen molar-refractivity contribution in [1.82, 2.24) is 10.3 Å². The largest absolute Gasteiger partial charge is 0.480 e. The summed E-state index contributed by atoms with van der Waals surface area (Å²) in [5.41, 5.74) is 1.37. The number of carboxylic acid groups (broad SMARTS) is 1. The van der Waals surface area contributed by atoms with Crippen molar-refractivity contribution in [1.29, 1.82) is 0 Å². The Kier molecular flexibility index (Phi) is 5.75. The Hall–Kier alpha value is -2.35. The molecule has 1 aromatic heterocycles. The summed E-state index contributed by atoms with van der Waals surface area (Å²) in [5, 5.41) is 13.3. The van der Waals surface area contributed by atoms with Crippen molar-refractivity contribution in [2.45, 2.75) is 25.3 Å². The van der Waals surface area contributed by atoms with Crippen LogP contribution >= 0.6 is 11.3 Å². The van der Waals surface area contributed by atoms with E-state index in [0.29, 0.717) is 5.69 Å². The minimum absolute atomic E-state index is 0.156. The SMILES string of the molecule is O=C(Cc1csc(-c2ccccc2)n1)NC(CC(F)F)C(=O)O. The number of carbonyl (C=O) groups is 2. The first-order valence-electron chi connectivity index (χ1n) is 6.76. The minimum atomic E-state index is -2.81. The van der Waals surface area contributed by atoms with Crippen LogP contribution in [0, 0.1) is 0 Å². The number of aromatic nitrogens is 1. The quantitative estimate of drug-likeness (QED) is 0.812. The van der Waals surface area contributed by atoms with Gasteiger partial charge in [-0.1, -0.05) is 30.3 Å². The number of amides is 1. The fraction of sp³-hybridized carbons (Fsp3) is 0.267. The summed E-state index contributed by atoms with van der Waals surface area (Å²) in [7, 11) is 0. The molecule has 2 aromatic rings. The van der Waals surface area contributed by atoms with Crippen LogP contribution in [0.4, 0.5) is 8.78 Å². The molecule has 23 heavy (non-hydrogen) atoms. The van der Waals surface area contributed by atoms with Crippen molar-refractivity contribution in [3.63, 3.8) is 0 Å². The molecular formula is C15H14F2N2O3S. The van der Waals surface area contributed by atoms with Crippen molar-refractivity contribution in [3.05, 3.63) is 41.4 Å². The minimum Gasteiger partial charge on any atom is -0.480 e. The van der Waals surface area contributed by atoms with Gasteiger partial charge in [-0.2, -0.15) is 0 Å². The number of rotatable bonds is 7. The predicted molar refractivity (Wildman–Crippen MR) is 81.4 cm³/mol. The number of halogens is 2. The molecule has 1 heterocycles. The van der Waals surface area contributed by atoms with Crippen LogP contribution in [-0.4, -0.2) is 34.4 Å². The summed E-state index contributed by atoms with van der Waals surface area (Å²) in [6.45, 7) is 0. The highest BCUT2D eigenvalue weighted by Gasteiger charge is 2.24. The highest BCUT2D eigenvalue weighted by atomic mass is 32.1. The van der Waals surface area contributed by atoms with E-state index in [2.05, 4.69) is 10.3 Å². The molecule has 8 heteroatoms. The van der Waals surface area contributed by atoms with Gasteiger partial charge >= 0.3 is 5.97 Å². The molecule has 1 atom stereocenters. The summed E-state index contributed by atoms with van der Waals surface area (Å²) in [6, 6.07) is 7.77. The Morgan fingerprint density at radius 1 is 1.26 bits per heavy atom. The van der Waals surface area contributed by atoms with Crippen LogP contribution in [0.1, 0.15) is 12.1 Å². The van der Waals surface area contributed by atoms with E-state index < -0.39 is 30.8 Å². The third-order valence-corrected chi connectivity index (χ3v) is 3.90. The molecule has 5 nitrogen and oxygen atoms in total. The zero-order chi connectivity index (χ0) is 16.8. The van der Waals surface area contributed by atoms with E-state index in [-0.39, 0.29) is 6.42 Å². The van der Waals surface area contributed by atoms with Crippen LogP contribution in [-0.2, 0) is 16.0 Å². The highest BCUT2D eigenvalue weighted by Crippen LogP contribution is 2.23. The lowest BCUT2D eigenvalue weighted by Crippen LogP contribution is -2.42. The first-order chi connectivity index (χ1) is 11.0. The summed E-state index contributed by atoms with van der Waals surface area (Å²) in [5.74, 6) is -2.13. The smallest absolute Gasteiger partial charge is 0.326 e. The standard InChI is InChI=1S/C15H14F2N2O3S/c16-12(17)7-11(15(21)22)19-13(20)6-10-8-23-14(18-10)9-4-2-1-3-5-9/h1-5,8,11-12H,6-7H2,(H,19,20)(H,21,22). The Balaban J connectivity index is 1.98. The molecule has 0 aliphatic heterocycles. The Morgan fingerprint density at radius 2 is 1.96 bits per heavy atom. The van der Waals surface area contributed by atoms with Gasteiger partial charge in [-0.25, -0.2) is 18.6 Å². The molecule has 1 aromatic carbocycles. The van der Waals surface area contributed by atoms with Crippen molar-refractivity contribution < 1.29 is 23.5 Å². The monoisotopic (exact) mass is 340 g/mol. The summed E-state index contributed by atoms with van der Waals surface area (Å²) in [6.07, 6.45) is -3.88. The molecule has 0 aliphatic rings. The second kappa shape index (κ2) is 7.77. The number of carbonyl (C=O) groups excluding carboxylic acids is 1. The van der Waals surface area contributed by atoms with Gasteiger partial charge in [0.2, 0.25) is 12.3 Å². The number of nitrogens with one attached hydrogen (secondary N) is 1. The third-order valence-electron chi connectivity index (χ3n) is 2.96. The second-order valence-corrected chi connectivity index (χ2v) is 5.63. The number of alkyl halides is 2. The number of thiazole rings is 1. The van der Waals surface area contributed by atoms with Gasteiger partial charge in [0.05, 0.1) is 12.1 Å². The Bertz CT molecular complexity index is 676. The van der Waals surface area contributed by atoms with Gasteiger partial charge < -0.3 is 10.4 Å². The number of hydrogen-bond acceptors (Lipinski definition) is 4. The molecule has 0 radical (unpaired) electrons. The molecular weight excluding hydrogens is 326 g/mol. The van der Waals surface area contributed by atoms with E-state index in [0.717, 1.165) is 10.6 Å². The zero-order valence-electron chi connectivity index (χ0n) is 11.9. The van der Waals surface area contributed by atoms with Gasteiger partial charge in [-0.15, -0.1) is 11.3 Å². The van der Waals surface area contributed by atoms with Gasteiger partial charge in [0.15, 0.2) is 0 Å². The van der Waals surface area contributed by atoms with Crippen molar-refractivity contribution in [2.24, 2.45) is 0 Å². The van der Waals surface area contributed by atoms with Crippen LogP contribution in [0.25, 0.3) is 10.6 Å². The van der Waals surface area contributed by atoms with E-state index in [4.69, 9.17) is 5.11 Å². The number of hydrogen-bond donors (Lipinski definition) is 2. The van der Waals surface area contributed by atoms with Crippen molar-refractivity contribution >= 4 is 23.2 Å². The predicted octanol–water partition coefficient (Wildman–Crippen LogP) is 2.58. The van der Waals surface area contributed by atoms with E-state index >= 15 is 0 Å². The van der Waals surface area contributed by atoms with Gasteiger partial charge in [0.1, 0.15) is 11.0 Å². The maximum absolute atomic E-state index is 12.3. The summed E-state index contributed by atoms with van der Waals surface area (Å²) >= 11 is 1.35. The van der Waals surface area contributed by atoms with Crippen LogP contribution < -0.4 is 5.32 Å². The lowest BCUT2D eigenvalue weighted by Gasteiger charge is -2.13. The average molecular weight is 340 g/mol. The molecule has 0 saturated carbocycles. The summed E-state index contributed by atoms with van der Waals surface area (Å²) in [4.78, 5) is 26.9. The lowest BCUT2D eigenvalue weighted by molar-refractivity contribution is -0.142. The molecule has 122 valence electrons. The van der Waals surface area contributed by atoms with Crippen LogP contribution in [0.3, 0.4) is 0 Å². The molecule has 0 saturated heterocycles. The fourth-order valence-electron chi connectivity index (χ4n) is 1.91. The van der Waals surface area contributed by atoms with Gasteiger partial charge in [0, 0.05) is 17.4 Å². The molecule has 0 aliphatic carbocycles. The molecule has 2 rings (SSSR count). The topological polar surface area (TPSA) is 79.3 Å². The van der Waals surface area contributed by atoms with Crippen molar-refractivity contribution in [3.8, 4) is 10.6 Å². The first-order valence-corrected chi connectivity index (χ1v) is 7.64. The molecule has 2 N–H and O–H groups in total. The van der Waals surface area contributed by atoms with E-state index in [1.54, 1.807) is 5.38 Å². The molecule has 0 fully saturated rings. The maximum Gasteiger partial charge on any atom is 0.326 e. The highest BCUT2D eigenvalue weighted by molar-refractivity contribution is 7.13. The lowest BCUT2D eigenvalue weighted by atomic mass is 10.2. The van der Waals surface area contributed by atoms with Crippen LogP contribution in [0.15, 0.2) is 35.7 Å². The molecule has 0 spiro atoms. The van der Waals surface area contributed by atoms with E-state index in [9.17, 15) is 18.4 Å². The molecule has 1 amide bonds. The number of aliphatic carboxylic acids is 1. The fourth-order valence-corrected chi connectivity index (χ4v) is 2.74. The average Bonchev–Trinajstić information content (AvgIpc) is 2.95. The Labute approximate surface area is 135 Å². The zero-order valence-corrected chi connectivity index (χ0v) is 12.7. The molecule has 0 bridgehead atoms. The van der Waals surface area contributed by atoms with E-state index in [1.807, 2.05) is 30.3 Å². The maximum atomic E-state index is 12.3. The van der Waals surface area contributed by atoms with E-state index in [1.165, 1.54) is 11.3 Å². The van der Waals surface area contributed by atoms with Gasteiger partial charge in [-0.3, -0.25) is 4.79 Å².